The summed E-state index contributed by atoms with van der Waals surface area (Å²) in [6, 6.07) is 7.82. The van der Waals surface area contributed by atoms with Gasteiger partial charge >= 0.3 is 0 Å². The molecule has 0 bridgehead atoms. The van der Waals surface area contributed by atoms with E-state index in [1.807, 2.05) is 31.3 Å². The monoisotopic (exact) mass is 282 g/mol. The molecule has 0 heterocycles. The Kier molecular flexibility index (Phi) is 8.22. The van der Waals surface area contributed by atoms with E-state index >= 15 is 0 Å². The average molecular weight is 282 g/mol. The van der Waals surface area contributed by atoms with E-state index in [2.05, 4.69) is 4.90 Å². The Hall–Kier alpha value is -1.14. The number of aliphatic hydroxyl groups excluding tert-OH is 1. The number of nitrogens with two attached hydrogens (primary N) is 1. The number of ether oxygens (including phenoxy) is 2. The first-order valence-corrected chi connectivity index (χ1v) is 6.93. The van der Waals surface area contributed by atoms with E-state index in [1.54, 1.807) is 7.11 Å². The summed E-state index contributed by atoms with van der Waals surface area (Å²) < 4.78 is 10.6. The van der Waals surface area contributed by atoms with Crippen LogP contribution in [0.25, 0.3) is 0 Å². The van der Waals surface area contributed by atoms with Crippen LogP contribution in [0.5, 0.6) is 5.75 Å². The maximum atomic E-state index is 9.61. The minimum Gasteiger partial charge on any atom is -0.493 e. The van der Waals surface area contributed by atoms with Crippen molar-refractivity contribution in [2.45, 2.75) is 19.1 Å². The molecule has 1 aromatic rings. The predicted octanol–water partition coefficient (Wildman–Crippen LogP) is 0.853. The summed E-state index contributed by atoms with van der Waals surface area (Å²) in [5, 5.41) is 9.61. The zero-order valence-corrected chi connectivity index (χ0v) is 12.4. The maximum Gasteiger partial charge on any atom is 0.123 e. The van der Waals surface area contributed by atoms with Crippen LogP contribution in [0.15, 0.2) is 24.3 Å². The molecule has 20 heavy (non-hydrogen) atoms. The van der Waals surface area contributed by atoms with Gasteiger partial charge in [0.05, 0.1) is 19.3 Å². The highest BCUT2D eigenvalue weighted by atomic mass is 16.5. The van der Waals surface area contributed by atoms with Crippen molar-refractivity contribution >= 4 is 0 Å². The highest BCUT2D eigenvalue weighted by Crippen LogP contribution is 2.17. The van der Waals surface area contributed by atoms with Crippen LogP contribution in [0.4, 0.5) is 0 Å². The number of likely N-dealkylation sites (N-methyl/N-ethyl adjacent to an activating group) is 1. The average Bonchev–Trinajstić information content (AvgIpc) is 2.44. The third-order valence-electron chi connectivity index (χ3n) is 3.02. The third-order valence-corrected chi connectivity index (χ3v) is 3.02. The van der Waals surface area contributed by atoms with Crippen LogP contribution in [0.1, 0.15) is 12.0 Å². The molecule has 5 nitrogen and oxygen atoms in total. The SMILES string of the molecule is COCC(O)CN(C)CCCOc1ccccc1CN. The Labute approximate surface area is 121 Å². The molecule has 5 heteroatoms. The van der Waals surface area contributed by atoms with Crippen LogP contribution in [-0.4, -0.2) is 56.6 Å². The van der Waals surface area contributed by atoms with Crippen LogP contribution < -0.4 is 10.5 Å². The van der Waals surface area contributed by atoms with E-state index in [0.29, 0.717) is 26.3 Å². The van der Waals surface area contributed by atoms with Crippen molar-refractivity contribution in [2.24, 2.45) is 5.73 Å². The molecule has 0 saturated heterocycles. The fourth-order valence-electron chi connectivity index (χ4n) is 2.03. The summed E-state index contributed by atoms with van der Waals surface area (Å²) in [4.78, 5) is 2.07. The highest BCUT2D eigenvalue weighted by molar-refractivity contribution is 5.32. The number of methoxy groups -OCH3 is 1. The first-order chi connectivity index (χ1) is 9.67. The van der Waals surface area contributed by atoms with E-state index in [1.165, 1.54) is 0 Å². The van der Waals surface area contributed by atoms with Crippen LogP contribution in [0, 0.1) is 0 Å². The minimum atomic E-state index is -0.441. The van der Waals surface area contributed by atoms with Crippen molar-refractivity contribution < 1.29 is 14.6 Å². The van der Waals surface area contributed by atoms with Gasteiger partial charge in [-0.15, -0.1) is 0 Å². The lowest BCUT2D eigenvalue weighted by atomic mass is 10.2. The lowest BCUT2D eigenvalue weighted by Gasteiger charge is -2.20. The van der Waals surface area contributed by atoms with Gasteiger partial charge in [0, 0.05) is 32.3 Å². The predicted molar refractivity (Wildman–Crippen MR) is 79.8 cm³/mol. The summed E-state index contributed by atoms with van der Waals surface area (Å²) in [5.41, 5.74) is 6.68. The molecular weight excluding hydrogens is 256 g/mol. The summed E-state index contributed by atoms with van der Waals surface area (Å²) in [7, 11) is 3.57. The maximum absolute atomic E-state index is 9.61. The number of hydrogen-bond donors (Lipinski definition) is 2. The molecule has 1 atom stereocenters. The topological polar surface area (TPSA) is 68.0 Å². The Bertz CT molecular complexity index is 374. The molecule has 0 radical (unpaired) electrons. The van der Waals surface area contributed by atoms with Crippen molar-refractivity contribution in [1.82, 2.24) is 4.90 Å². The molecule has 0 aliphatic carbocycles. The molecule has 1 unspecified atom stereocenters. The Morgan fingerprint density at radius 3 is 2.80 bits per heavy atom. The molecule has 1 rings (SSSR count). The third kappa shape index (κ3) is 6.34. The van der Waals surface area contributed by atoms with Gasteiger partial charge in [-0.2, -0.15) is 0 Å². The molecule has 0 aliphatic rings. The highest BCUT2D eigenvalue weighted by Gasteiger charge is 2.07. The van der Waals surface area contributed by atoms with Gasteiger partial charge in [0.15, 0.2) is 0 Å². The van der Waals surface area contributed by atoms with Gasteiger partial charge in [0.2, 0.25) is 0 Å². The zero-order chi connectivity index (χ0) is 14.8. The van der Waals surface area contributed by atoms with Gasteiger partial charge in [0.1, 0.15) is 5.75 Å². The molecule has 0 spiro atoms. The molecule has 0 amide bonds. The lowest BCUT2D eigenvalue weighted by Crippen LogP contribution is -2.33. The summed E-state index contributed by atoms with van der Waals surface area (Å²) in [6.45, 7) is 2.96. The van der Waals surface area contributed by atoms with Gasteiger partial charge in [-0.3, -0.25) is 0 Å². The van der Waals surface area contributed by atoms with Gasteiger partial charge in [0.25, 0.3) is 0 Å². The van der Waals surface area contributed by atoms with Gasteiger partial charge < -0.3 is 25.2 Å². The zero-order valence-electron chi connectivity index (χ0n) is 12.4. The molecule has 3 N–H and O–H groups in total. The number of para-hydroxylation sites is 1. The fraction of sp³-hybridized carbons (Fsp3) is 0.600. The van der Waals surface area contributed by atoms with Crippen molar-refractivity contribution in [3.8, 4) is 5.75 Å². The normalized spacial score (nSPS) is 12.7. The quantitative estimate of drug-likeness (QED) is 0.623. The largest absolute Gasteiger partial charge is 0.493 e. The molecule has 1 aromatic carbocycles. The second kappa shape index (κ2) is 9.72. The summed E-state index contributed by atoms with van der Waals surface area (Å²) in [5.74, 6) is 0.858. The lowest BCUT2D eigenvalue weighted by molar-refractivity contribution is 0.0424. The number of hydrogen-bond acceptors (Lipinski definition) is 5. The summed E-state index contributed by atoms with van der Waals surface area (Å²) in [6.07, 6.45) is 0.457. The van der Waals surface area contributed by atoms with Crippen LogP contribution >= 0.6 is 0 Å². The van der Waals surface area contributed by atoms with E-state index < -0.39 is 6.10 Å². The van der Waals surface area contributed by atoms with Crippen molar-refractivity contribution in [3.05, 3.63) is 29.8 Å². The van der Waals surface area contributed by atoms with Crippen molar-refractivity contribution in [3.63, 3.8) is 0 Å². The fourth-order valence-corrected chi connectivity index (χ4v) is 2.03. The Morgan fingerprint density at radius 1 is 1.35 bits per heavy atom. The molecule has 0 aromatic heterocycles. The smallest absolute Gasteiger partial charge is 0.123 e. The molecule has 0 saturated carbocycles. The first kappa shape index (κ1) is 16.9. The molecular formula is C15H26N2O3. The first-order valence-electron chi connectivity index (χ1n) is 6.93. The minimum absolute atomic E-state index is 0.366. The van der Waals surface area contributed by atoms with Crippen LogP contribution in [0.2, 0.25) is 0 Å². The van der Waals surface area contributed by atoms with E-state index in [0.717, 1.165) is 24.3 Å². The van der Waals surface area contributed by atoms with Gasteiger partial charge in [-0.1, -0.05) is 18.2 Å². The number of benzene rings is 1. The molecule has 0 fully saturated rings. The van der Waals surface area contributed by atoms with Crippen LogP contribution in [-0.2, 0) is 11.3 Å². The molecule has 114 valence electrons. The number of nitrogens with zero attached hydrogens (tertiary/aromatic N) is 1. The van der Waals surface area contributed by atoms with E-state index in [-0.39, 0.29) is 0 Å². The number of aliphatic hydroxyl groups is 1. The second-order valence-electron chi connectivity index (χ2n) is 4.89. The summed E-state index contributed by atoms with van der Waals surface area (Å²) >= 11 is 0. The molecule has 0 aliphatic heterocycles. The second-order valence-corrected chi connectivity index (χ2v) is 4.89. The van der Waals surface area contributed by atoms with E-state index in [4.69, 9.17) is 15.2 Å². The van der Waals surface area contributed by atoms with Gasteiger partial charge in [-0.05, 0) is 19.5 Å². The Morgan fingerprint density at radius 2 is 2.10 bits per heavy atom. The van der Waals surface area contributed by atoms with Gasteiger partial charge in [-0.25, -0.2) is 0 Å². The number of rotatable bonds is 10. The Balaban J connectivity index is 2.21. The van der Waals surface area contributed by atoms with Crippen LogP contribution in [0.3, 0.4) is 0 Å². The van der Waals surface area contributed by atoms with Crippen molar-refractivity contribution in [2.75, 3.05) is 40.5 Å². The standard InChI is InChI=1S/C15H26N2O3/c1-17(11-14(18)12-19-2)8-5-9-20-15-7-4-3-6-13(15)10-16/h3-4,6-7,14,18H,5,8-12,16H2,1-2H3. The van der Waals surface area contributed by atoms with Crippen molar-refractivity contribution in [1.29, 1.82) is 0 Å². The van der Waals surface area contributed by atoms with E-state index in [9.17, 15) is 5.11 Å².